The van der Waals surface area contributed by atoms with E-state index in [-0.39, 0.29) is 53.5 Å². The SMILES string of the molecule is COc1nc(OC)c(S(C)(=O)=O)cc1N1CCc2c(F)cccc2CC1=O. The number of sulfone groups is 1. The molecular weight excluding hydrogens is 375 g/mol. The van der Waals surface area contributed by atoms with E-state index in [0.29, 0.717) is 11.1 Å². The molecule has 27 heavy (non-hydrogen) atoms. The second-order valence-corrected chi connectivity index (χ2v) is 8.13. The van der Waals surface area contributed by atoms with Crippen LogP contribution in [0.25, 0.3) is 0 Å². The van der Waals surface area contributed by atoms with E-state index in [2.05, 4.69) is 4.98 Å². The van der Waals surface area contributed by atoms with Crippen molar-refractivity contribution in [3.8, 4) is 11.8 Å². The highest BCUT2D eigenvalue weighted by atomic mass is 32.2. The molecule has 1 aromatic carbocycles. The van der Waals surface area contributed by atoms with Crippen molar-refractivity contribution in [1.82, 2.24) is 4.98 Å². The van der Waals surface area contributed by atoms with Crippen LogP contribution in [0.1, 0.15) is 11.1 Å². The summed E-state index contributed by atoms with van der Waals surface area (Å²) in [5, 5.41) is 0. The van der Waals surface area contributed by atoms with E-state index in [1.54, 1.807) is 12.1 Å². The molecule has 7 nitrogen and oxygen atoms in total. The average molecular weight is 394 g/mol. The molecule has 2 heterocycles. The fourth-order valence-electron chi connectivity index (χ4n) is 3.12. The fourth-order valence-corrected chi connectivity index (χ4v) is 3.89. The molecule has 1 amide bonds. The van der Waals surface area contributed by atoms with Crippen LogP contribution in [0.5, 0.6) is 11.8 Å². The Bertz CT molecular complexity index is 1010. The van der Waals surface area contributed by atoms with Crippen molar-refractivity contribution in [2.24, 2.45) is 0 Å². The Hall–Kier alpha value is -2.68. The number of carbonyl (C=O) groups is 1. The van der Waals surface area contributed by atoms with Gasteiger partial charge in [-0.25, -0.2) is 12.8 Å². The highest BCUT2D eigenvalue weighted by Gasteiger charge is 2.29. The highest BCUT2D eigenvalue weighted by molar-refractivity contribution is 7.90. The summed E-state index contributed by atoms with van der Waals surface area (Å²) in [6.07, 6.45) is 1.31. The Labute approximate surface area is 156 Å². The predicted octanol–water partition coefficient (Wildman–Crippen LogP) is 1.77. The lowest BCUT2D eigenvalue weighted by Crippen LogP contribution is -2.33. The molecule has 0 atom stereocenters. The number of fused-ring (bicyclic) bond motifs is 1. The van der Waals surface area contributed by atoms with Gasteiger partial charge in [-0.2, -0.15) is 4.98 Å². The maximum Gasteiger partial charge on any atom is 0.241 e. The number of nitrogens with zero attached hydrogens (tertiary/aromatic N) is 2. The van der Waals surface area contributed by atoms with Gasteiger partial charge >= 0.3 is 0 Å². The molecule has 0 bridgehead atoms. The molecular formula is C18H19FN2O5S. The third-order valence-corrected chi connectivity index (χ3v) is 5.51. The topological polar surface area (TPSA) is 85.8 Å². The molecule has 9 heteroatoms. The van der Waals surface area contributed by atoms with Gasteiger partial charge in [-0.3, -0.25) is 4.79 Å². The van der Waals surface area contributed by atoms with E-state index in [1.165, 1.54) is 31.3 Å². The smallest absolute Gasteiger partial charge is 0.241 e. The minimum atomic E-state index is -3.66. The predicted molar refractivity (Wildman–Crippen MR) is 96.6 cm³/mol. The van der Waals surface area contributed by atoms with Gasteiger partial charge in [-0.1, -0.05) is 12.1 Å². The zero-order valence-electron chi connectivity index (χ0n) is 15.2. The zero-order chi connectivity index (χ0) is 19.8. The second kappa shape index (κ2) is 7.15. The van der Waals surface area contributed by atoms with Gasteiger partial charge in [0.15, 0.2) is 9.84 Å². The summed E-state index contributed by atoms with van der Waals surface area (Å²) in [5.41, 5.74) is 1.31. The first-order valence-corrected chi connectivity index (χ1v) is 10.0. The highest BCUT2D eigenvalue weighted by Crippen LogP contribution is 2.36. The first kappa shape index (κ1) is 19.1. The maximum atomic E-state index is 14.1. The molecule has 0 aliphatic carbocycles. The number of benzene rings is 1. The minimum Gasteiger partial charge on any atom is -0.480 e. The first-order chi connectivity index (χ1) is 12.8. The molecule has 0 saturated heterocycles. The summed E-state index contributed by atoms with van der Waals surface area (Å²) < 4.78 is 48.6. The summed E-state index contributed by atoms with van der Waals surface area (Å²) in [6, 6.07) is 5.94. The normalized spacial score (nSPS) is 14.5. The molecule has 2 aromatic rings. The Morgan fingerprint density at radius 3 is 2.52 bits per heavy atom. The average Bonchev–Trinajstić information content (AvgIpc) is 2.79. The number of hydrogen-bond acceptors (Lipinski definition) is 6. The quantitative estimate of drug-likeness (QED) is 0.786. The minimum absolute atomic E-state index is 0.00349. The fraction of sp³-hybridized carbons (Fsp3) is 0.333. The Morgan fingerprint density at radius 2 is 1.89 bits per heavy atom. The summed E-state index contributed by atoms with van der Waals surface area (Å²) in [4.78, 5) is 18.1. The number of pyridine rings is 1. The Morgan fingerprint density at radius 1 is 1.19 bits per heavy atom. The van der Waals surface area contributed by atoms with Gasteiger partial charge in [0.1, 0.15) is 16.4 Å². The number of methoxy groups -OCH3 is 2. The molecule has 1 aliphatic rings. The number of hydrogen-bond donors (Lipinski definition) is 0. The summed E-state index contributed by atoms with van der Waals surface area (Å²) in [7, 11) is -0.998. The van der Waals surface area contributed by atoms with E-state index >= 15 is 0 Å². The van der Waals surface area contributed by atoms with Gasteiger partial charge in [0, 0.05) is 12.8 Å². The number of amides is 1. The Balaban J connectivity index is 2.11. The van der Waals surface area contributed by atoms with Crippen molar-refractivity contribution >= 4 is 21.4 Å². The lowest BCUT2D eigenvalue weighted by Gasteiger charge is -2.23. The number of aromatic nitrogens is 1. The molecule has 0 radical (unpaired) electrons. The number of rotatable bonds is 4. The number of anilines is 1. The van der Waals surface area contributed by atoms with Crippen LogP contribution in [-0.4, -0.2) is 46.3 Å². The third-order valence-electron chi connectivity index (χ3n) is 4.42. The van der Waals surface area contributed by atoms with Crippen LogP contribution in [0.15, 0.2) is 29.2 Å². The van der Waals surface area contributed by atoms with Crippen molar-refractivity contribution in [2.45, 2.75) is 17.7 Å². The number of halogens is 1. The van der Waals surface area contributed by atoms with E-state index in [4.69, 9.17) is 9.47 Å². The summed E-state index contributed by atoms with van der Waals surface area (Å²) in [6.45, 7) is 0.167. The molecule has 0 fully saturated rings. The van der Waals surface area contributed by atoms with Crippen LogP contribution in [0.2, 0.25) is 0 Å². The maximum absolute atomic E-state index is 14.1. The van der Waals surface area contributed by atoms with Gasteiger partial charge in [0.2, 0.25) is 17.7 Å². The van der Waals surface area contributed by atoms with Crippen LogP contribution in [-0.2, 0) is 27.5 Å². The first-order valence-electron chi connectivity index (χ1n) is 8.16. The molecule has 0 spiro atoms. The van der Waals surface area contributed by atoms with Crippen LogP contribution in [0, 0.1) is 5.82 Å². The standard InChI is InChI=1S/C18H19FN2O5S/c1-25-17-14(10-15(27(3,23)24)18(20-17)26-2)21-8-7-12-11(9-16(21)22)5-4-6-13(12)19/h4-6,10H,7-9H2,1-3H3. The van der Waals surface area contributed by atoms with Gasteiger partial charge in [-0.15, -0.1) is 0 Å². The van der Waals surface area contributed by atoms with Crippen LogP contribution in [0.3, 0.4) is 0 Å². The van der Waals surface area contributed by atoms with Crippen molar-refractivity contribution in [1.29, 1.82) is 0 Å². The molecule has 144 valence electrons. The summed E-state index contributed by atoms with van der Waals surface area (Å²) in [5.74, 6) is -0.725. The lowest BCUT2D eigenvalue weighted by atomic mass is 10.0. The van der Waals surface area contributed by atoms with Gasteiger partial charge in [-0.05, 0) is 29.7 Å². The van der Waals surface area contributed by atoms with E-state index in [1.807, 2.05) is 0 Å². The van der Waals surface area contributed by atoms with E-state index in [9.17, 15) is 17.6 Å². The van der Waals surface area contributed by atoms with E-state index in [0.717, 1.165) is 6.26 Å². The molecule has 0 N–H and O–H groups in total. The van der Waals surface area contributed by atoms with Crippen molar-refractivity contribution in [3.63, 3.8) is 0 Å². The number of carbonyl (C=O) groups excluding carboxylic acids is 1. The largest absolute Gasteiger partial charge is 0.480 e. The zero-order valence-corrected chi connectivity index (χ0v) is 16.0. The second-order valence-electron chi connectivity index (χ2n) is 6.15. The Kier molecular flexibility index (Phi) is 5.05. The van der Waals surface area contributed by atoms with Crippen LogP contribution < -0.4 is 14.4 Å². The monoisotopic (exact) mass is 394 g/mol. The van der Waals surface area contributed by atoms with Crippen LogP contribution >= 0.6 is 0 Å². The third kappa shape index (κ3) is 3.59. The molecule has 0 unspecified atom stereocenters. The number of ether oxygens (including phenoxy) is 2. The molecule has 1 aliphatic heterocycles. The van der Waals surface area contributed by atoms with Crippen molar-refractivity contribution in [2.75, 3.05) is 31.9 Å². The van der Waals surface area contributed by atoms with Crippen LogP contribution in [0.4, 0.5) is 10.1 Å². The van der Waals surface area contributed by atoms with Gasteiger partial charge < -0.3 is 14.4 Å². The van der Waals surface area contributed by atoms with E-state index < -0.39 is 9.84 Å². The lowest BCUT2D eigenvalue weighted by molar-refractivity contribution is -0.117. The molecule has 0 saturated carbocycles. The molecule has 3 rings (SSSR count). The van der Waals surface area contributed by atoms with Crippen molar-refractivity contribution < 1.29 is 27.1 Å². The molecule has 1 aromatic heterocycles. The summed E-state index contributed by atoms with van der Waals surface area (Å²) >= 11 is 0. The van der Waals surface area contributed by atoms with Gasteiger partial charge in [0.25, 0.3) is 0 Å². The van der Waals surface area contributed by atoms with Gasteiger partial charge in [0.05, 0.1) is 20.6 Å². The van der Waals surface area contributed by atoms with Crippen molar-refractivity contribution in [3.05, 3.63) is 41.2 Å².